The number of aromatic nitrogens is 3. The summed E-state index contributed by atoms with van der Waals surface area (Å²) in [6.07, 6.45) is 0. The zero-order valence-corrected chi connectivity index (χ0v) is 19.2. The molecule has 9 heteroatoms. The fourth-order valence-electron chi connectivity index (χ4n) is 2.83. The third kappa shape index (κ3) is 5.65. The Kier molecular flexibility index (Phi) is 6.31. The molecule has 0 aliphatic rings. The number of H-pyrrole nitrogens is 1. The van der Waals surface area contributed by atoms with Gasteiger partial charge in [-0.3, -0.25) is 4.72 Å². The summed E-state index contributed by atoms with van der Waals surface area (Å²) >= 11 is 8.18. The van der Waals surface area contributed by atoms with Crippen LogP contribution in [-0.2, 0) is 5.67 Å². The van der Waals surface area contributed by atoms with Gasteiger partial charge >= 0.3 is 0 Å². The Balaban J connectivity index is 2.02. The lowest BCUT2D eigenvalue weighted by atomic mass is 9.90. The predicted octanol–water partition coefficient (Wildman–Crippen LogP) is 6.05. The van der Waals surface area contributed by atoms with E-state index in [-0.39, 0.29) is 17.4 Å². The molecule has 3 aromatic rings. The fraction of sp³-hybridized carbons (Fsp3) is 0.333. The molecule has 160 valence electrons. The lowest BCUT2D eigenvalue weighted by Crippen LogP contribution is -2.29. The fourth-order valence-corrected chi connectivity index (χ4v) is 3.91. The highest BCUT2D eigenvalue weighted by molar-refractivity contribution is 7.97. The van der Waals surface area contributed by atoms with E-state index in [4.69, 9.17) is 17.3 Å². The largest absolute Gasteiger partial charge is 0.368 e. The standard InChI is InChI=1S/C21H26ClFN6S/c1-20(2,3)29-30-14-8-6-7-12(9-14)17-15(21(4,5)23)10-13(11-16(17)22)25-19-26-18(24)27-28-19/h6-11,29H,1-5H3,(H4,24,25,26,27,28). The molecule has 0 amide bonds. The van der Waals surface area contributed by atoms with E-state index in [9.17, 15) is 0 Å². The SMILES string of the molecule is CC(C)(C)NSc1cccc(-c2c(Cl)cc(Nc3n[nH]c(N)n3)cc2C(C)(C)F)c1. The van der Waals surface area contributed by atoms with Gasteiger partial charge in [0.1, 0.15) is 5.67 Å². The number of anilines is 3. The number of nitrogens with two attached hydrogens (primary N) is 1. The Morgan fingerprint density at radius 3 is 2.47 bits per heavy atom. The molecule has 6 nitrogen and oxygen atoms in total. The van der Waals surface area contributed by atoms with Gasteiger partial charge in [-0.25, -0.2) is 9.49 Å². The molecule has 0 saturated heterocycles. The summed E-state index contributed by atoms with van der Waals surface area (Å²) in [6.45, 7) is 9.31. The molecule has 1 aromatic heterocycles. The maximum atomic E-state index is 15.2. The molecular formula is C21H26ClFN6S. The molecule has 1 heterocycles. The van der Waals surface area contributed by atoms with Crippen molar-refractivity contribution in [1.82, 2.24) is 19.9 Å². The van der Waals surface area contributed by atoms with Gasteiger partial charge < -0.3 is 11.1 Å². The number of nitrogens with one attached hydrogen (secondary N) is 3. The van der Waals surface area contributed by atoms with Crippen LogP contribution in [0.4, 0.5) is 22.0 Å². The number of benzene rings is 2. The van der Waals surface area contributed by atoms with Gasteiger partial charge in [0.2, 0.25) is 11.9 Å². The van der Waals surface area contributed by atoms with E-state index in [2.05, 4.69) is 46.0 Å². The second kappa shape index (κ2) is 8.45. The minimum atomic E-state index is -1.62. The van der Waals surface area contributed by atoms with E-state index in [0.29, 0.717) is 21.8 Å². The Hall–Kier alpha value is -2.29. The summed E-state index contributed by atoms with van der Waals surface area (Å²) in [7, 11) is 0. The van der Waals surface area contributed by atoms with E-state index in [1.807, 2.05) is 24.3 Å². The van der Waals surface area contributed by atoms with Crippen LogP contribution in [0.15, 0.2) is 41.3 Å². The summed E-state index contributed by atoms with van der Waals surface area (Å²) < 4.78 is 18.6. The van der Waals surface area contributed by atoms with Gasteiger partial charge in [0.15, 0.2) is 0 Å². The van der Waals surface area contributed by atoms with Crippen LogP contribution < -0.4 is 15.8 Å². The first kappa shape index (κ1) is 22.4. The maximum Gasteiger partial charge on any atom is 0.248 e. The normalized spacial score (nSPS) is 12.2. The Morgan fingerprint density at radius 1 is 1.13 bits per heavy atom. The van der Waals surface area contributed by atoms with Crippen molar-refractivity contribution in [3.63, 3.8) is 0 Å². The monoisotopic (exact) mass is 448 g/mol. The average molecular weight is 449 g/mol. The third-order valence-electron chi connectivity index (χ3n) is 4.09. The van der Waals surface area contributed by atoms with E-state index in [1.54, 1.807) is 12.1 Å². The summed E-state index contributed by atoms with van der Waals surface area (Å²) in [5, 5.41) is 9.93. The molecule has 3 rings (SSSR count). The lowest BCUT2D eigenvalue weighted by molar-refractivity contribution is 0.222. The van der Waals surface area contributed by atoms with Crippen LogP contribution in [0, 0.1) is 0 Å². The molecule has 0 saturated carbocycles. The first-order valence-electron chi connectivity index (χ1n) is 9.45. The molecule has 5 N–H and O–H groups in total. The molecule has 0 unspecified atom stereocenters. The van der Waals surface area contributed by atoms with E-state index in [1.165, 1.54) is 25.8 Å². The van der Waals surface area contributed by atoms with Crippen molar-refractivity contribution in [2.45, 2.75) is 50.7 Å². The van der Waals surface area contributed by atoms with Crippen LogP contribution >= 0.6 is 23.5 Å². The highest BCUT2D eigenvalue weighted by atomic mass is 35.5. The van der Waals surface area contributed by atoms with Crippen LogP contribution in [0.25, 0.3) is 11.1 Å². The number of nitrogens with zero attached hydrogens (tertiary/aromatic N) is 2. The second-order valence-corrected chi connectivity index (χ2v) is 9.79. The van der Waals surface area contributed by atoms with Gasteiger partial charge in [-0.15, -0.1) is 5.10 Å². The third-order valence-corrected chi connectivity index (χ3v) is 5.59. The molecular weight excluding hydrogens is 423 g/mol. The van der Waals surface area contributed by atoms with Crippen molar-refractivity contribution < 1.29 is 4.39 Å². The zero-order valence-electron chi connectivity index (χ0n) is 17.6. The topological polar surface area (TPSA) is 91.7 Å². The molecule has 2 aromatic carbocycles. The van der Waals surface area contributed by atoms with Crippen molar-refractivity contribution in [2.24, 2.45) is 0 Å². The Labute approximate surface area is 185 Å². The number of hydrogen-bond acceptors (Lipinski definition) is 6. The predicted molar refractivity (Wildman–Crippen MR) is 124 cm³/mol. The number of nitrogen functional groups attached to an aromatic ring is 1. The van der Waals surface area contributed by atoms with Gasteiger partial charge in [0.25, 0.3) is 0 Å². The highest BCUT2D eigenvalue weighted by Crippen LogP contribution is 2.42. The second-order valence-electron chi connectivity index (χ2n) is 8.50. The van der Waals surface area contributed by atoms with Crippen LogP contribution in [0.3, 0.4) is 0 Å². The summed E-state index contributed by atoms with van der Waals surface area (Å²) in [5.74, 6) is 0.468. The lowest BCUT2D eigenvalue weighted by Gasteiger charge is -2.23. The number of aromatic amines is 1. The molecule has 0 aliphatic heterocycles. The summed E-state index contributed by atoms with van der Waals surface area (Å²) in [5.41, 5.74) is 6.44. The van der Waals surface area contributed by atoms with Crippen LogP contribution in [0.5, 0.6) is 0 Å². The van der Waals surface area contributed by atoms with Crippen LogP contribution in [0.2, 0.25) is 5.02 Å². The van der Waals surface area contributed by atoms with Gasteiger partial charge in [0, 0.05) is 21.7 Å². The van der Waals surface area contributed by atoms with E-state index >= 15 is 4.39 Å². The van der Waals surface area contributed by atoms with Crippen molar-refractivity contribution in [3.8, 4) is 11.1 Å². The smallest absolute Gasteiger partial charge is 0.248 e. The minimum Gasteiger partial charge on any atom is -0.368 e. The molecule has 0 bridgehead atoms. The van der Waals surface area contributed by atoms with Crippen molar-refractivity contribution in [3.05, 3.63) is 47.0 Å². The van der Waals surface area contributed by atoms with Crippen molar-refractivity contribution in [2.75, 3.05) is 11.1 Å². The maximum absolute atomic E-state index is 15.2. The molecule has 0 atom stereocenters. The van der Waals surface area contributed by atoms with Crippen molar-refractivity contribution in [1.29, 1.82) is 0 Å². The molecule has 0 radical (unpaired) electrons. The van der Waals surface area contributed by atoms with Gasteiger partial charge in [0.05, 0.1) is 5.02 Å². The average Bonchev–Trinajstić information content (AvgIpc) is 3.03. The number of rotatable bonds is 6. The number of hydrogen-bond donors (Lipinski definition) is 4. The molecule has 0 spiro atoms. The molecule has 0 aliphatic carbocycles. The summed E-state index contributed by atoms with van der Waals surface area (Å²) in [6, 6.07) is 11.3. The van der Waals surface area contributed by atoms with Gasteiger partial charge in [-0.1, -0.05) is 23.7 Å². The first-order valence-corrected chi connectivity index (χ1v) is 10.6. The summed E-state index contributed by atoms with van der Waals surface area (Å²) in [4.78, 5) is 5.03. The number of halogens is 2. The quantitative estimate of drug-likeness (QED) is 0.343. The first-order chi connectivity index (χ1) is 13.9. The van der Waals surface area contributed by atoms with Crippen molar-refractivity contribution >= 4 is 41.1 Å². The van der Waals surface area contributed by atoms with Crippen LogP contribution in [0.1, 0.15) is 40.2 Å². The highest BCUT2D eigenvalue weighted by Gasteiger charge is 2.26. The van der Waals surface area contributed by atoms with Gasteiger partial charge in [-0.2, -0.15) is 4.98 Å². The zero-order chi connectivity index (χ0) is 22.1. The van der Waals surface area contributed by atoms with Crippen LogP contribution in [-0.4, -0.2) is 20.7 Å². The Bertz CT molecular complexity index is 1040. The number of alkyl halides is 1. The Morgan fingerprint density at radius 2 is 1.87 bits per heavy atom. The molecule has 30 heavy (non-hydrogen) atoms. The van der Waals surface area contributed by atoms with E-state index < -0.39 is 5.67 Å². The van der Waals surface area contributed by atoms with E-state index in [0.717, 1.165) is 10.5 Å². The molecule has 0 fully saturated rings. The van der Waals surface area contributed by atoms with Gasteiger partial charge in [-0.05, 0) is 82.0 Å². The minimum absolute atomic E-state index is 0.0403.